The van der Waals surface area contributed by atoms with Crippen LogP contribution in [0.5, 0.6) is 5.75 Å². The molecule has 2 N–H and O–H groups in total. The molecule has 0 aromatic heterocycles. The number of nitrogens with one attached hydrogen (secondary N) is 1. The van der Waals surface area contributed by atoms with E-state index in [1.165, 1.54) is 6.07 Å². The number of hydrogen-bond acceptors (Lipinski definition) is 3. The van der Waals surface area contributed by atoms with Gasteiger partial charge in [0.05, 0.1) is 10.6 Å². The molecular formula is C13H12FNO3S. The van der Waals surface area contributed by atoms with Gasteiger partial charge in [-0.05, 0) is 30.7 Å². The van der Waals surface area contributed by atoms with Gasteiger partial charge in [-0.25, -0.2) is 12.8 Å². The van der Waals surface area contributed by atoms with Crippen molar-refractivity contribution in [3.63, 3.8) is 0 Å². The quantitative estimate of drug-likeness (QED) is 0.850. The number of hydrogen-bond donors (Lipinski definition) is 2. The van der Waals surface area contributed by atoms with Gasteiger partial charge >= 0.3 is 0 Å². The van der Waals surface area contributed by atoms with Crippen molar-refractivity contribution in [3.05, 3.63) is 53.8 Å². The molecular weight excluding hydrogens is 269 g/mol. The van der Waals surface area contributed by atoms with E-state index in [-0.39, 0.29) is 16.3 Å². The Labute approximate surface area is 110 Å². The molecule has 0 atom stereocenters. The minimum absolute atomic E-state index is 0.0821. The van der Waals surface area contributed by atoms with Crippen LogP contribution in [0.4, 0.5) is 10.1 Å². The van der Waals surface area contributed by atoms with Gasteiger partial charge in [-0.1, -0.05) is 18.2 Å². The van der Waals surface area contributed by atoms with Gasteiger partial charge in [0, 0.05) is 6.07 Å². The zero-order valence-electron chi connectivity index (χ0n) is 10.1. The third-order valence-electron chi connectivity index (χ3n) is 2.59. The van der Waals surface area contributed by atoms with Gasteiger partial charge in [0.2, 0.25) is 0 Å². The van der Waals surface area contributed by atoms with Crippen molar-refractivity contribution in [3.8, 4) is 5.75 Å². The fourth-order valence-corrected chi connectivity index (χ4v) is 2.96. The molecule has 0 heterocycles. The van der Waals surface area contributed by atoms with Crippen LogP contribution in [-0.2, 0) is 10.0 Å². The van der Waals surface area contributed by atoms with E-state index in [1.54, 1.807) is 25.1 Å². The Balaban J connectivity index is 2.43. The highest BCUT2D eigenvalue weighted by Crippen LogP contribution is 2.27. The smallest absolute Gasteiger partial charge is 0.262 e. The van der Waals surface area contributed by atoms with E-state index in [9.17, 15) is 17.9 Å². The summed E-state index contributed by atoms with van der Waals surface area (Å²) in [5.41, 5.74) is 0.370. The molecule has 0 spiro atoms. The molecule has 100 valence electrons. The molecule has 2 rings (SSSR count). The lowest BCUT2D eigenvalue weighted by Gasteiger charge is -2.11. The largest absolute Gasteiger partial charge is 0.506 e. The highest BCUT2D eigenvalue weighted by molar-refractivity contribution is 7.92. The molecule has 0 saturated heterocycles. The summed E-state index contributed by atoms with van der Waals surface area (Å²) in [6, 6.07) is 9.45. The number of rotatable bonds is 3. The summed E-state index contributed by atoms with van der Waals surface area (Å²) in [5.74, 6) is -0.973. The molecule has 4 nitrogen and oxygen atoms in total. The van der Waals surface area contributed by atoms with Crippen molar-refractivity contribution in [2.24, 2.45) is 0 Å². The molecule has 0 radical (unpaired) electrons. The van der Waals surface area contributed by atoms with E-state index in [0.717, 1.165) is 18.2 Å². The van der Waals surface area contributed by atoms with Gasteiger partial charge in [-0.3, -0.25) is 4.72 Å². The average molecular weight is 281 g/mol. The molecule has 0 saturated carbocycles. The number of aryl methyl sites for hydroxylation is 1. The zero-order valence-corrected chi connectivity index (χ0v) is 10.9. The zero-order chi connectivity index (χ0) is 14.0. The number of phenols is 1. The molecule has 0 fully saturated rings. The number of phenolic OH excluding ortho intramolecular Hbond substituents is 1. The van der Waals surface area contributed by atoms with Crippen LogP contribution in [0.15, 0.2) is 47.4 Å². The van der Waals surface area contributed by atoms with E-state index in [0.29, 0.717) is 5.56 Å². The van der Waals surface area contributed by atoms with Crippen LogP contribution < -0.4 is 4.72 Å². The van der Waals surface area contributed by atoms with Crippen LogP contribution in [0.3, 0.4) is 0 Å². The second kappa shape index (κ2) is 4.89. The summed E-state index contributed by atoms with van der Waals surface area (Å²) in [6.45, 7) is 1.65. The molecule has 0 aliphatic heterocycles. The number of aromatic hydroxyl groups is 1. The molecule has 2 aromatic rings. The summed E-state index contributed by atoms with van der Waals surface area (Å²) in [6.07, 6.45) is 0. The maximum Gasteiger partial charge on any atom is 0.262 e. The molecule has 0 bridgehead atoms. The predicted molar refractivity (Wildman–Crippen MR) is 70.1 cm³/mol. The summed E-state index contributed by atoms with van der Waals surface area (Å²) in [4.78, 5) is 0.0821. The van der Waals surface area contributed by atoms with Gasteiger partial charge in [0.1, 0.15) is 11.6 Å². The van der Waals surface area contributed by atoms with E-state index < -0.39 is 15.8 Å². The van der Waals surface area contributed by atoms with Crippen LogP contribution in [0.2, 0.25) is 0 Å². The van der Waals surface area contributed by atoms with Crippen molar-refractivity contribution < 1.29 is 17.9 Å². The maximum absolute atomic E-state index is 13.1. The molecule has 0 aliphatic rings. The van der Waals surface area contributed by atoms with Gasteiger partial charge < -0.3 is 5.11 Å². The summed E-state index contributed by atoms with van der Waals surface area (Å²) in [7, 11) is -3.86. The lowest BCUT2D eigenvalue weighted by atomic mass is 10.2. The Morgan fingerprint density at radius 1 is 1.16 bits per heavy atom. The second-order valence-corrected chi connectivity index (χ2v) is 5.68. The van der Waals surface area contributed by atoms with Gasteiger partial charge in [-0.15, -0.1) is 0 Å². The molecule has 0 aliphatic carbocycles. The SMILES string of the molecule is Cc1ccccc1S(=O)(=O)Nc1cc(F)ccc1O. The van der Waals surface area contributed by atoms with Crippen molar-refractivity contribution >= 4 is 15.7 Å². The minimum atomic E-state index is -3.86. The minimum Gasteiger partial charge on any atom is -0.506 e. The second-order valence-electron chi connectivity index (χ2n) is 4.03. The van der Waals surface area contributed by atoms with Crippen LogP contribution in [0.25, 0.3) is 0 Å². The van der Waals surface area contributed by atoms with Crippen LogP contribution in [0.1, 0.15) is 5.56 Å². The molecule has 19 heavy (non-hydrogen) atoms. The first-order chi connectivity index (χ1) is 8.90. The lowest BCUT2D eigenvalue weighted by Crippen LogP contribution is -2.14. The fraction of sp³-hybridized carbons (Fsp3) is 0.0769. The van der Waals surface area contributed by atoms with Gasteiger partial charge in [0.25, 0.3) is 10.0 Å². The van der Waals surface area contributed by atoms with Crippen LogP contribution >= 0.6 is 0 Å². The Morgan fingerprint density at radius 2 is 1.84 bits per heavy atom. The Bertz CT molecular complexity index is 714. The standard InChI is InChI=1S/C13H12FNO3S/c1-9-4-2-3-5-13(9)19(17,18)15-11-8-10(14)6-7-12(11)16/h2-8,15-16H,1H3. The number of benzene rings is 2. The van der Waals surface area contributed by atoms with Crippen molar-refractivity contribution in [1.82, 2.24) is 0 Å². The number of anilines is 1. The molecule has 6 heteroatoms. The maximum atomic E-state index is 13.1. The van der Waals surface area contributed by atoms with E-state index in [4.69, 9.17) is 0 Å². The van der Waals surface area contributed by atoms with Crippen LogP contribution in [-0.4, -0.2) is 13.5 Å². The number of sulfonamides is 1. The first-order valence-corrected chi connectivity index (χ1v) is 6.95. The fourth-order valence-electron chi connectivity index (χ4n) is 1.65. The molecule has 0 amide bonds. The van der Waals surface area contributed by atoms with Gasteiger partial charge in [0.15, 0.2) is 0 Å². The third kappa shape index (κ3) is 2.85. The van der Waals surface area contributed by atoms with E-state index in [1.807, 2.05) is 0 Å². The van der Waals surface area contributed by atoms with E-state index >= 15 is 0 Å². The van der Waals surface area contributed by atoms with Gasteiger partial charge in [-0.2, -0.15) is 0 Å². The Kier molecular flexibility index (Phi) is 3.44. The highest BCUT2D eigenvalue weighted by atomic mass is 32.2. The van der Waals surface area contributed by atoms with E-state index in [2.05, 4.69) is 4.72 Å². The number of halogens is 1. The topological polar surface area (TPSA) is 66.4 Å². The molecule has 0 unspecified atom stereocenters. The van der Waals surface area contributed by atoms with Crippen molar-refractivity contribution in [2.45, 2.75) is 11.8 Å². The van der Waals surface area contributed by atoms with Crippen molar-refractivity contribution in [2.75, 3.05) is 4.72 Å². The monoisotopic (exact) mass is 281 g/mol. The Hall–Kier alpha value is -2.08. The normalized spacial score (nSPS) is 11.3. The summed E-state index contributed by atoms with van der Waals surface area (Å²) >= 11 is 0. The lowest BCUT2D eigenvalue weighted by molar-refractivity contribution is 0.475. The Morgan fingerprint density at radius 3 is 2.53 bits per heavy atom. The van der Waals surface area contributed by atoms with Crippen molar-refractivity contribution in [1.29, 1.82) is 0 Å². The summed E-state index contributed by atoms with van der Waals surface area (Å²) in [5, 5.41) is 9.52. The highest BCUT2D eigenvalue weighted by Gasteiger charge is 2.18. The van der Waals surface area contributed by atoms with Crippen LogP contribution in [0, 0.1) is 12.7 Å². The predicted octanol–water partition coefficient (Wildman–Crippen LogP) is 2.64. The summed E-state index contributed by atoms with van der Waals surface area (Å²) < 4.78 is 39.5. The average Bonchev–Trinajstić information content (AvgIpc) is 2.34. The molecule has 2 aromatic carbocycles. The first-order valence-electron chi connectivity index (χ1n) is 5.47. The third-order valence-corrected chi connectivity index (χ3v) is 4.11. The first kappa shape index (κ1) is 13.4.